The largest absolute Gasteiger partial charge is 0.309 e. The zero-order chi connectivity index (χ0) is 14.7. The summed E-state index contributed by atoms with van der Waals surface area (Å²) in [5, 5.41) is 3.31. The first-order valence-electron chi connectivity index (χ1n) is 7.10. The van der Waals surface area contributed by atoms with Gasteiger partial charge in [0.05, 0.1) is 6.04 Å². The Hall–Kier alpha value is -1.04. The quantitative estimate of drug-likeness (QED) is 0.910. The topological polar surface area (TPSA) is 18.5 Å². The summed E-state index contributed by atoms with van der Waals surface area (Å²) in [5.41, 5.74) is 0.416. The minimum absolute atomic E-state index is 0.130. The second kappa shape index (κ2) is 6.61. The number of nitrogens with zero attached hydrogens (tertiary/aromatic N) is 2. The van der Waals surface area contributed by atoms with E-state index in [9.17, 15) is 8.78 Å². The molecule has 1 N–H and O–H groups in total. The second-order valence-electron chi connectivity index (χ2n) is 5.49. The van der Waals surface area contributed by atoms with Crippen LogP contribution in [0.3, 0.4) is 0 Å². The van der Waals surface area contributed by atoms with Crippen molar-refractivity contribution in [2.75, 3.05) is 40.3 Å². The molecule has 0 spiro atoms. The van der Waals surface area contributed by atoms with Gasteiger partial charge < -0.3 is 10.2 Å². The van der Waals surface area contributed by atoms with Gasteiger partial charge in [-0.2, -0.15) is 0 Å². The Morgan fingerprint density at radius 2 is 2.05 bits per heavy atom. The molecule has 2 rings (SSSR count). The predicted octanol–water partition coefficient (Wildman–Crippen LogP) is 1.86. The third-order valence-electron chi connectivity index (χ3n) is 4.02. The van der Waals surface area contributed by atoms with Gasteiger partial charge in [-0.15, -0.1) is 0 Å². The Balaban J connectivity index is 2.32. The van der Waals surface area contributed by atoms with Gasteiger partial charge in [-0.1, -0.05) is 19.1 Å². The first-order valence-corrected chi connectivity index (χ1v) is 7.10. The lowest BCUT2D eigenvalue weighted by Gasteiger charge is -2.42. The van der Waals surface area contributed by atoms with Crippen molar-refractivity contribution in [3.8, 4) is 0 Å². The zero-order valence-electron chi connectivity index (χ0n) is 12.4. The van der Waals surface area contributed by atoms with Crippen LogP contribution in [0.1, 0.15) is 18.5 Å². The molecule has 1 aliphatic heterocycles. The van der Waals surface area contributed by atoms with Gasteiger partial charge in [0.25, 0.3) is 0 Å². The molecule has 2 unspecified atom stereocenters. The fourth-order valence-corrected chi connectivity index (χ4v) is 2.84. The molecule has 1 aromatic carbocycles. The van der Waals surface area contributed by atoms with Gasteiger partial charge in [-0.3, -0.25) is 4.90 Å². The van der Waals surface area contributed by atoms with E-state index < -0.39 is 11.6 Å². The summed E-state index contributed by atoms with van der Waals surface area (Å²) in [6.45, 7) is 5.47. The molecule has 112 valence electrons. The third-order valence-corrected chi connectivity index (χ3v) is 4.02. The molecule has 3 nitrogen and oxygen atoms in total. The SMILES string of the molecule is CCNC(c1cccc(F)c1F)C1CN(C)CCN1C. The first-order chi connectivity index (χ1) is 9.54. The fraction of sp³-hybridized carbons (Fsp3) is 0.600. The van der Waals surface area contributed by atoms with E-state index in [1.54, 1.807) is 12.1 Å². The normalized spacial score (nSPS) is 22.9. The summed E-state index contributed by atoms with van der Waals surface area (Å²) in [6.07, 6.45) is 0. The minimum Gasteiger partial charge on any atom is -0.309 e. The van der Waals surface area contributed by atoms with Gasteiger partial charge in [-0.05, 0) is 26.7 Å². The third kappa shape index (κ3) is 3.16. The van der Waals surface area contributed by atoms with E-state index in [4.69, 9.17) is 0 Å². The Morgan fingerprint density at radius 3 is 2.75 bits per heavy atom. The number of hydrogen-bond acceptors (Lipinski definition) is 3. The Bertz CT molecular complexity index is 453. The number of rotatable bonds is 4. The molecule has 0 aliphatic carbocycles. The van der Waals surface area contributed by atoms with E-state index >= 15 is 0 Å². The molecule has 20 heavy (non-hydrogen) atoms. The van der Waals surface area contributed by atoms with Crippen LogP contribution in [0.5, 0.6) is 0 Å². The van der Waals surface area contributed by atoms with Crippen LogP contribution < -0.4 is 5.32 Å². The van der Waals surface area contributed by atoms with Gasteiger partial charge in [0.2, 0.25) is 0 Å². The maximum atomic E-state index is 14.1. The zero-order valence-corrected chi connectivity index (χ0v) is 12.4. The van der Waals surface area contributed by atoms with Gasteiger partial charge in [-0.25, -0.2) is 8.78 Å². The molecule has 1 saturated heterocycles. The molecule has 0 bridgehead atoms. The van der Waals surface area contributed by atoms with Crippen LogP contribution in [0.4, 0.5) is 8.78 Å². The smallest absolute Gasteiger partial charge is 0.163 e. The highest BCUT2D eigenvalue weighted by Crippen LogP contribution is 2.26. The van der Waals surface area contributed by atoms with Crippen molar-refractivity contribution in [3.05, 3.63) is 35.4 Å². The van der Waals surface area contributed by atoms with Gasteiger partial charge in [0.1, 0.15) is 0 Å². The van der Waals surface area contributed by atoms with Crippen LogP contribution >= 0.6 is 0 Å². The van der Waals surface area contributed by atoms with Crippen molar-refractivity contribution in [2.24, 2.45) is 0 Å². The molecule has 0 saturated carbocycles. The summed E-state index contributed by atoms with van der Waals surface area (Å²) < 4.78 is 27.6. The average molecular weight is 283 g/mol. The lowest BCUT2D eigenvalue weighted by atomic mass is 9.95. The van der Waals surface area contributed by atoms with Crippen molar-refractivity contribution >= 4 is 0 Å². The lowest BCUT2D eigenvalue weighted by Crippen LogP contribution is -2.55. The molecule has 1 aliphatic rings. The van der Waals surface area contributed by atoms with Crippen LogP contribution in [-0.2, 0) is 0 Å². The number of benzene rings is 1. The fourth-order valence-electron chi connectivity index (χ4n) is 2.84. The van der Waals surface area contributed by atoms with E-state index in [2.05, 4.69) is 22.2 Å². The van der Waals surface area contributed by atoms with Gasteiger partial charge >= 0.3 is 0 Å². The van der Waals surface area contributed by atoms with E-state index in [0.717, 1.165) is 19.6 Å². The summed E-state index contributed by atoms with van der Waals surface area (Å²) in [6, 6.07) is 4.34. The summed E-state index contributed by atoms with van der Waals surface area (Å²) in [7, 11) is 4.10. The van der Waals surface area contributed by atoms with E-state index in [-0.39, 0.29) is 12.1 Å². The molecular weight excluding hydrogens is 260 g/mol. The van der Waals surface area contributed by atoms with E-state index in [1.165, 1.54) is 6.07 Å². The number of halogens is 2. The van der Waals surface area contributed by atoms with Crippen LogP contribution in [0.25, 0.3) is 0 Å². The summed E-state index contributed by atoms with van der Waals surface area (Å²) in [5.74, 6) is -1.52. The van der Waals surface area contributed by atoms with Crippen molar-refractivity contribution in [2.45, 2.75) is 19.0 Å². The summed E-state index contributed by atoms with van der Waals surface area (Å²) in [4.78, 5) is 4.45. The highest BCUT2D eigenvalue weighted by atomic mass is 19.2. The van der Waals surface area contributed by atoms with Crippen molar-refractivity contribution in [3.63, 3.8) is 0 Å². The highest BCUT2D eigenvalue weighted by Gasteiger charge is 2.32. The van der Waals surface area contributed by atoms with Crippen LogP contribution in [0.2, 0.25) is 0 Å². The maximum Gasteiger partial charge on any atom is 0.163 e. The van der Waals surface area contributed by atoms with E-state index in [0.29, 0.717) is 12.1 Å². The van der Waals surface area contributed by atoms with Gasteiger partial charge in [0.15, 0.2) is 11.6 Å². The molecule has 1 aromatic rings. The monoisotopic (exact) mass is 283 g/mol. The minimum atomic E-state index is -0.780. The number of hydrogen-bond donors (Lipinski definition) is 1. The molecule has 1 heterocycles. The van der Waals surface area contributed by atoms with Crippen molar-refractivity contribution in [1.82, 2.24) is 15.1 Å². The highest BCUT2D eigenvalue weighted by molar-refractivity contribution is 5.24. The summed E-state index contributed by atoms with van der Waals surface area (Å²) >= 11 is 0. The predicted molar refractivity (Wildman–Crippen MR) is 76.7 cm³/mol. The Morgan fingerprint density at radius 1 is 1.30 bits per heavy atom. The first kappa shape index (κ1) is 15.4. The van der Waals surface area contributed by atoms with Crippen molar-refractivity contribution in [1.29, 1.82) is 0 Å². The van der Waals surface area contributed by atoms with E-state index in [1.807, 2.05) is 14.0 Å². The molecule has 2 atom stereocenters. The van der Waals surface area contributed by atoms with Gasteiger partial charge in [0, 0.05) is 31.2 Å². The standard InChI is InChI=1S/C15H23F2N3/c1-4-18-15(11-6-5-7-12(16)14(11)17)13-10-19(2)8-9-20(13)3/h5-7,13,15,18H,4,8-10H2,1-3H3. The van der Waals surface area contributed by atoms with Crippen LogP contribution in [0.15, 0.2) is 18.2 Å². The molecule has 0 aromatic heterocycles. The maximum absolute atomic E-state index is 14.1. The molecular formula is C15H23F2N3. The number of likely N-dealkylation sites (N-methyl/N-ethyl adjacent to an activating group) is 3. The lowest BCUT2D eigenvalue weighted by molar-refractivity contribution is 0.0869. The Kier molecular flexibility index (Phi) is 5.07. The molecule has 1 fully saturated rings. The molecule has 5 heteroatoms. The second-order valence-corrected chi connectivity index (χ2v) is 5.49. The van der Waals surface area contributed by atoms with Crippen molar-refractivity contribution < 1.29 is 8.78 Å². The molecule has 0 amide bonds. The number of nitrogens with one attached hydrogen (secondary N) is 1. The molecule has 0 radical (unpaired) electrons. The Labute approximate surface area is 119 Å². The van der Waals surface area contributed by atoms with Crippen LogP contribution in [0, 0.1) is 11.6 Å². The van der Waals surface area contributed by atoms with Crippen LogP contribution in [-0.4, -0.2) is 56.1 Å². The average Bonchev–Trinajstić information content (AvgIpc) is 2.43. The number of piperazine rings is 1.